The van der Waals surface area contributed by atoms with Gasteiger partial charge in [0.15, 0.2) is 0 Å². The number of hydrogen-bond donors (Lipinski definition) is 0. The van der Waals surface area contributed by atoms with Crippen LogP contribution in [-0.2, 0) is 5.41 Å². The van der Waals surface area contributed by atoms with Gasteiger partial charge in [-0.1, -0.05) is 231 Å². The second-order valence-corrected chi connectivity index (χ2v) is 21.9. The van der Waals surface area contributed by atoms with Gasteiger partial charge in [0.2, 0.25) is 0 Å². The summed E-state index contributed by atoms with van der Waals surface area (Å²) >= 11 is 0. The molecule has 0 N–H and O–H groups in total. The molecule has 2 aromatic heterocycles. The Labute approximate surface area is 476 Å². The Morgan fingerprint density at radius 2 is 0.793 bits per heavy atom. The SMILES string of the molecule is c1ccc(-c2cc(-c3ccc4c(c3)C3(c5ccccc5-4)c4ccccc4-c4c3ccc3c4c4ccccc4n3-c3ccccc3)cc(N(c3ccccc3-c3ccccc3)c3cccc4c5ccccc5n(-c5ccccc5)c34)c2)cc1. The van der Waals surface area contributed by atoms with E-state index >= 15 is 0 Å². The summed E-state index contributed by atoms with van der Waals surface area (Å²) in [6, 6.07) is 115. The zero-order chi connectivity index (χ0) is 53.9. The molecule has 0 radical (unpaired) electrons. The quantitative estimate of drug-likeness (QED) is 0.148. The number of benzene rings is 13. The first kappa shape index (κ1) is 46.2. The number of nitrogens with zero attached hydrogens (tertiary/aromatic N) is 3. The van der Waals surface area contributed by atoms with E-state index in [9.17, 15) is 0 Å². The molecule has 3 nitrogen and oxygen atoms in total. The summed E-state index contributed by atoms with van der Waals surface area (Å²) in [6.45, 7) is 0. The van der Waals surface area contributed by atoms with Gasteiger partial charge in [0.25, 0.3) is 0 Å². The first-order valence-electron chi connectivity index (χ1n) is 28.4. The van der Waals surface area contributed by atoms with Crippen molar-refractivity contribution in [1.29, 1.82) is 0 Å². The first-order chi connectivity index (χ1) is 40.7. The molecule has 15 aromatic rings. The van der Waals surface area contributed by atoms with Crippen LogP contribution in [0.3, 0.4) is 0 Å². The Morgan fingerprint density at radius 3 is 1.52 bits per heavy atom. The topological polar surface area (TPSA) is 13.1 Å². The molecule has 13 aromatic carbocycles. The molecule has 0 aliphatic heterocycles. The Balaban J connectivity index is 0.945. The van der Waals surface area contributed by atoms with Crippen LogP contribution >= 0.6 is 0 Å². The number of rotatable bonds is 8. The Morgan fingerprint density at radius 1 is 0.268 bits per heavy atom. The van der Waals surface area contributed by atoms with Gasteiger partial charge in [-0.2, -0.15) is 0 Å². The minimum atomic E-state index is -0.584. The fourth-order valence-electron chi connectivity index (χ4n) is 14.4. The molecule has 2 heterocycles. The van der Waals surface area contributed by atoms with E-state index in [-0.39, 0.29) is 0 Å². The molecule has 2 aliphatic rings. The second kappa shape index (κ2) is 18.2. The monoisotopic (exact) mass is 1040 g/mol. The molecular weight excluding hydrogens is 991 g/mol. The number of fused-ring (bicyclic) bond motifs is 17. The molecule has 0 bridgehead atoms. The highest BCUT2D eigenvalue weighted by Crippen LogP contribution is 2.65. The van der Waals surface area contributed by atoms with Gasteiger partial charge in [-0.3, -0.25) is 0 Å². The molecule has 0 fully saturated rings. The lowest BCUT2D eigenvalue weighted by Crippen LogP contribution is -2.25. The third-order valence-electron chi connectivity index (χ3n) is 17.7. The summed E-state index contributed by atoms with van der Waals surface area (Å²) in [4.78, 5) is 2.53. The van der Waals surface area contributed by atoms with Crippen molar-refractivity contribution < 1.29 is 0 Å². The van der Waals surface area contributed by atoms with E-state index in [4.69, 9.17) is 0 Å². The smallest absolute Gasteiger partial charge is 0.0782 e. The van der Waals surface area contributed by atoms with E-state index in [1.807, 2.05) is 0 Å². The van der Waals surface area contributed by atoms with Gasteiger partial charge in [0.1, 0.15) is 0 Å². The molecule has 82 heavy (non-hydrogen) atoms. The van der Waals surface area contributed by atoms with Gasteiger partial charge in [-0.15, -0.1) is 0 Å². The molecule has 3 heteroatoms. The third-order valence-corrected chi connectivity index (χ3v) is 17.7. The molecule has 0 saturated heterocycles. The maximum absolute atomic E-state index is 2.54. The highest BCUT2D eigenvalue weighted by Gasteiger charge is 2.52. The summed E-state index contributed by atoms with van der Waals surface area (Å²) in [5.74, 6) is 0. The van der Waals surface area contributed by atoms with Crippen molar-refractivity contribution >= 4 is 60.7 Å². The average Bonchev–Trinajstić information content (AvgIpc) is 3.57. The molecule has 0 amide bonds. The van der Waals surface area contributed by atoms with E-state index in [1.54, 1.807) is 0 Å². The predicted molar refractivity (Wildman–Crippen MR) is 342 cm³/mol. The maximum Gasteiger partial charge on any atom is 0.0782 e. The van der Waals surface area contributed by atoms with Crippen molar-refractivity contribution in [3.05, 3.63) is 332 Å². The molecule has 0 saturated carbocycles. The zero-order valence-electron chi connectivity index (χ0n) is 44.8. The van der Waals surface area contributed by atoms with Crippen molar-refractivity contribution in [2.75, 3.05) is 4.90 Å². The van der Waals surface area contributed by atoms with E-state index < -0.39 is 5.41 Å². The fraction of sp³-hybridized carbons (Fsp3) is 0.0127. The molecule has 382 valence electrons. The van der Waals surface area contributed by atoms with Crippen LogP contribution in [0.15, 0.2) is 309 Å². The zero-order valence-corrected chi connectivity index (χ0v) is 44.8. The van der Waals surface area contributed by atoms with Crippen LogP contribution in [0.25, 0.3) is 111 Å². The van der Waals surface area contributed by atoms with Gasteiger partial charge in [0.05, 0.1) is 38.9 Å². The van der Waals surface area contributed by atoms with Crippen molar-refractivity contribution in [3.8, 4) is 67.0 Å². The van der Waals surface area contributed by atoms with Crippen LogP contribution in [-0.4, -0.2) is 9.13 Å². The fourth-order valence-corrected chi connectivity index (χ4v) is 14.4. The van der Waals surface area contributed by atoms with Crippen LogP contribution in [0, 0.1) is 0 Å². The molecule has 1 unspecified atom stereocenters. The molecule has 1 atom stereocenters. The molecule has 1 spiro atoms. The van der Waals surface area contributed by atoms with E-state index in [0.717, 1.165) is 72.9 Å². The van der Waals surface area contributed by atoms with Gasteiger partial charge >= 0.3 is 0 Å². The normalized spacial score (nSPS) is 13.9. The van der Waals surface area contributed by atoms with Crippen LogP contribution in [0.5, 0.6) is 0 Å². The highest BCUT2D eigenvalue weighted by molar-refractivity contribution is 6.19. The lowest BCUT2D eigenvalue weighted by atomic mass is 9.70. The minimum absolute atomic E-state index is 0.584. The Kier molecular flexibility index (Phi) is 10.2. The summed E-state index contributed by atoms with van der Waals surface area (Å²) in [5.41, 5.74) is 26.9. The largest absolute Gasteiger partial charge is 0.309 e. The highest BCUT2D eigenvalue weighted by atomic mass is 15.2. The standard InChI is InChI=1S/C79H51N3/c1-5-24-52(25-6-1)55-48-56(50-59(49-55)81(71-40-20-15-32-60(71)53-26-7-2-8-27-53)75-43-23-37-64-63-34-16-21-41-72(63)82(78(64)75)58-30-11-4-12-31-58)54-44-45-62-61-33-13-18-38-67(61)79(70(62)51-54)68-39-19-14-35-65(68)76-69(79)46-47-74-77(76)66-36-17-22-42-73(66)80(74)57-28-9-3-10-29-57/h1-51H. The second-order valence-electron chi connectivity index (χ2n) is 21.9. The van der Waals surface area contributed by atoms with Crippen LogP contribution in [0.2, 0.25) is 0 Å². The Hall–Kier alpha value is -10.7. The summed E-state index contributed by atoms with van der Waals surface area (Å²) in [6.07, 6.45) is 0. The van der Waals surface area contributed by atoms with Gasteiger partial charge in [-0.05, 0) is 151 Å². The summed E-state index contributed by atoms with van der Waals surface area (Å²) in [7, 11) is 0. The molecule has 2 aliphatic carbocycles. The predicted octanol–water partition coefficient (Wildman–Crippen LogP) is 20.7. The third kappa shape index (κ3) is 6.65. The van der Waals surface area contributed by atoms with Crippen molar-refractivity contribution in [1.82, 2.24) is 9.13 Å². The Bertz CT molecular complexity index is 5030. The number of anilines is 3. The number of para-hydroxylation sites is 6. The minimum Gasteiger partial charge on any atom is -0.309 e. The van der Waals surface area contributed by atoms with E-state index in [0.29, 0.717) is 0 Å². The van der Waals surface area contributed by atoms with Crippen molar-refractivity contribution in [2.24, 2.45) is 0 Å². The number of hydrogen-bond acceptors (Lipinski definition) is 1. The van der Waals surface area contributed by atoms with Crippen molar-refractivity contribution in [2.45, 2.75) is 5.41 Å². The van der Waals surface area contributed by atoms with Crippen LogP contribution in [0.4, 0.5) is 17.1 Å². The van der Waals surface area contributed by atoms with Gasteiger partial charge in [-0.25, -0.2) is 0 Å². The summed E-state index contributed by atoms with van der Waals surface area (Å²) < 4.78 is 4.91. The van der Waals surface area contributed by atoms with Crippen LogP contribution in [0.1, 0.15) is 22.3 Å². The molecule has 17 rings (SSSR count). The lowest BCUT2D eigenvalue weighted by molar-refractivity contribution is 0.794. The van der Waals surface area contributed by atoms with E-state index in [2.05, 4.69) is 323 Å². The molecular formula is C79H51N3. The van der Waals surface area contributed by atoms with Crippen molar-refractivity contribution in [3.63, 3.8) is 0 Å². The van der Waals surface area contributed by atoms with Gasteiger partial charge < -0.3 is 14.0 Å². The number of aromatic nitrogens is 2. The summed E-state index contributed by atoms with van der Waals surface area (Å²) in [5, 5.41) is 4.96. The first-order valence-corrected chi connectivity index (χ1v) is 28.4. The maximum atomic E-state index is 2.54. The van der Waals surface area contributed by atoms with E-state index in [1.165, 1.54) is 77.1 Å². The lowest BCUT2D eigenvalue weighted by Gasteiger charge is -2.31. The average molecular weight is 1040 g/mol. The van der Waals surface area contributed by atoms with Crippen LogP contribution < -0.4 is 4.90 Å². The van der Waals surface area contributed by atoms with Gasteiger partial charge in [0, 0.05) is 44.2 Å².